The van der Waals surface area contributed by atoms with Gasteiger partial charge in [-0.15, -0.1) is 11.6 Å². The van der Waals surface area contributed by atoms with Crippen LogP contribution in [0.15, 0.2) is 10.8 Å². The van der Waals surface area contributed by atoms with Crippen molar-refractivity contribution in [1.29, 1.82) is 0 Å². The van der Waals surface area contributed by atoms with Crippen LogP contribution in [0.5, 0.6) is 0 Å². The molecular weight excluding hydrogens is 297 g/mol. The molecule has 0 bridgehead atoms. The molecule has 0 amide bonds. The van der Waals surface area contributed by atoms with E-state index in [9.17, 15) is 18.9 Å². The number of rotatable bonds is 3. The zero-order chi connectivity index (χ0) is 11.6. The number of pyridine rings is 1. The highest BCUT2D eigenvalue weighted by atomic mass is 79.9. The van der Waals surface area contributed by atoms with Gasteiger partial charge < -0.3 is 0 Å². The monoisotopic (exact) mass is 300 g/mol. The van der Waals surface area contributed by atoms with Crippen molar-refractivity contribution >= 4 is 33.2 Å². The molecule has 0 atom stereocenters. The molecule has 82 valence electrons. The highest BCUT2D eigenvalue weighted by Gasteiger charge is 2.27. The van der Waals surface area contributed by atoms with E-state index >= 15 is 0 Å². The van der Waals surface area contributed by atoms with E-state index in [1.165, 1.54) is 0 Å². The van der Waals surface area contributed by atoms with Crippen LogP contribution < -0.4 is 0 Å². The van der Waals surface area contributed by atoms with Crippen molar-refractivity contribution in [2.75, 3.05) is 0 Å². The molecule has 0 unspecified atom stereocenters. The van der Waals surface area contributed by atoms with Gasteiger partial charge in [-0.1, -0.05) is 0 Å². The zero-order valence-corrected chi connectivity index (χ0v) is 9.43. The van der Waals surface area contributed by atoms with Gasteiger partial charge in [-0.25, -0.2) is 13.8 Å². The molecule has 0 saturated carbocycles. The third-order valence-electron chi connectivity index (χ3n) is 1.70. The molecule has 0 saturated heterocycles. The minimum absolute atomic E-state index is 0.0548. The van der Waals surface area contributed by atoms with Crippen LogP contribution >= 0.6 is 27.5 Å². The molecule has 8 heteroatoms. The largest absolute Gasteiger partial charge is 0.296 e. The molecule has 0 spiro atoms. The third-order valence-corrected chi connectivity index (χ3v) is 2.65. The van der Waals surface area contributed by atoms with Gasteiger partial charge in [-0.3, -0.25) is 10.1 Å². The van der Waals surface area contributed by atoms with E-state index in [1.807, 2.05) is 0 Å². The van der Waals surface area contributed by atoms with Crippen molar-refractivity contribution < 1.29 is 13.7 Å². The van der Waals surface area contributed by atoms with Crippen LogP contribution in [0.4, 0.5) is 14.5 Å². The lowest BCUT2D eigenvalue weighted by molar-refractivity contribution is -0.386. The summed E-state index contributed by atoms with van der Waals surface area (Å²) in [6.45, 7) is 0. The fraction of sp³-hybridized carbons (Fsp3) is 0.286. The van der Waals surface area contributed by atoms with Crippen molar-refractivity contribution in [2.45, 2.75) is 12.3 Å². The summed E-state index contributed by atoms with van der Waals surface area (Å²) in [6.07, 6.45) is -2.18. The topological polar surface area (TPSA) is 56.0 Å². The molecule has 4 nitrogen and oxygen atoms in total. The summed E-state index contributed by atoms with van der Waals surface area (Å²) in [4.78, 5) is 13.1. The fourth-order valence-corrected chi connectivity index (χ4v) is 1.94. The van der Waals surface area contributed by atoms with E-state index in [2.05, 4.69) is 20.9 Å². The first-order valence-electron chi connectivity index (χ1n) is 3.64. The minimum atomic E-state index is -2.96. The average Bonchev–Trinajstić information content (AvgIpc) is 2.16. The molecule has 0 fully saturated rings. The second-order valence-electron chi connectivity index (χ2n) is 2.52. The molecule has 1 heterocycles. The van der Waals surface area contributed by atoms with Crippen LogP contribution in [0.1, 0.15) is 17.6 Å². The molecule has 0 aliphatic carbocycles. The smallest absolute Gasteiger partial charge is 0.258 e. The van der Waals surface area contributed by atoms with Crippen LogP contribution in [-0.4, -0.2) is 9.91 Å². The quantitative estimate of drug-likeness (QED) is 0.372. The standard InChI is InChI=1S/C7H4BrClF2N2O2/c8-6-3(1-9)5(7(10)11)4(2-12-6)13(14)15/h2,7H,1H2. The highest BCUT2D eigenvalue weighted by molar-refractivity contribution is 9.10. The third kappa shape index (κ3) is 2.40. The zero-order valence-electron chi connectivity index (χ0n) is 7.08. The van der Waals surface area contributed by atoms with E-state index in [0.717, 1.165) is 6.20 Å². The molecule has 1 aromatic heterocycles. The van der Waals surface area contributed by atoms with Crippen LogP contribution in [-0.2, 0) is 5.88 Å². The lowest BCUT2D eigenvalue weighted by atomic mass is 10.1. The van der Waals surface area contributed by atoms with E-state index in [0.29, 0.717) is 0 Å². The summed E-state index contributed by atoms with van der Waals surface area (Å²) in [5.41, 5.74) is -1.46. The summed E-state index contributed by atoms with van der Waals surface area (Å²) in [6, 6.07) is 0. The van der Waals surface area contributed by atoms with Crippen molar-refractivity contribution in [1.82, 2.24) is 4.98 Å². The number of aromatic nitrogens is 1. The Morgan fingerprint density at radius 1 is 1.67 bits per heavy atom. The molecule has 0 aliphatic heterocycles. The first kappa shape index (κ1) is 12.3. The van der Waals surface area contributed by atoms with Crippen LogP contribution in [0.3, 0.4) is 0 Å². The fourth-order valence-electron chi connectivity index (χ4n) is 1.05. The van der Waals surface area contributed by atoms with Gasteiger partial charge in [0.15, 0.2) is 0 Å². The van der Waals surface area contributed by atoms with Crippen molar-refractivity contribution in [3.05, 3.63) is 32.0 Å². The average molecular weight is 301 g/mol. The predicted octanol–water partition coefficient (Wildman–Crippen LogP) is 3.43. The van der Waals surface area contributed by atoms with E-state index in [-0.39, 0.29) is 16.0 Å². The van der Waals surface area contributed by atoms with E-state index < -0.39 is 22.6 Å². The first-order chi connectivity index (χ1) is 6.99. The van der Waals surface area contributed by atoms with Gasteiger partial charge in [0, 0.05) is 5.56 Å². The van der Waals surface area contributed by atoms with Crippen LogP contribution in [0, 0.1) is 10.1 Å². The van der Waals surface area contributed by atoms with E-state index in [4.69, 9.17) is 11.6 Å². The normalized spacial score (nSPS) is 10.7. The number of hydrogen-bond acceptors (Lipinski definition) is 3. The second kappa shape index (κ2) is 4.80. The maximum absolute atomic E-state index is 12.6. The second-order valence-corrected chi connectivity index (χ2v) is 3.54. The Morgan fingerprint density at radius 2 is 2.27 bits per heavy atom. The lowest BCUT2D eigenvalue weighted by Crippen LogP contribution is -2.02. The SMILES string of the molecule is O=[N+]([O-])c1cnc(Br)c(CCl)c1C(F)F. The Hall–Kier alpha value is -0.820. The van der Waals surface area contributed by atoms with Gasteiger partial charge in [0.2, 0.25) is 0 Å². The van der Waals surface area contributed by atoms with Crippen molar-refractivity contribution in [2.24, 2.45) is 0 Å². The Labute approximate surface area is 96.5 Å². The Bertz CT molecular complexity index is 403. The summed E-state index contributed by atoms with van der Waals surface area (Å²) >= 11 is 8.34. The Morgan fingerprint density at radius 3 is 2.67 bits per heavy atom. The lowest BCUT2D eigenvalue weighted by Gasteiger charge is -2.07. The van der Waals surface area contributed by atoms with Gasteiger partial charge >= 0.3 is 0 Å². The molecule has 1 rings (SSSR count). The Balaban J connectivity index is 3.49. The molecule has 0 N–H and O–H groups in total. The van der Waals surface area contributed by atoms with Crippen molar-refractivity contribution in [3.8, 4) is 0 Å². The summed E-state index contributed by atoms with van der Waals surface area (Å²) in [5.74, 6) is -0.269. The maximum Gasteiger partial charge on any atom is 0.296 e. The highest BCUT2D eigenvalue weighted by Crippen LogP contribution is 2.35. The number of halogens is 4. The van der Waals surface area contributed by atoms with E-state index in [1.54, 1.807) is 0 Å². The predicted molar refractivity (Wildman–Crippen MR) is 53.1 cm³/mol. The van der Waals surface area contributed by atoms with Gasteiger partial charge in [-0.05, 0) is 15.9 Å². The molecule has 1 aromatic rings. The molecule has 0 aliphatic rings. The molecule has 15 heavy (non-hydrogen) atoms. The molecule has 0 aromatic carbocycles. The van der Waals surface area contributed by atoms with Gasteiger partial charge in [0.1, 0.15) is 16.4 Å². The number of nitro groups is 1. The minimum Gasteiger partial charge on any atom is -0.258 e. The molecule has 0 radical (unpaired) electrons. The Kier molecular flexibility index (Phi) is 3.92. The van der Waals surface area contributed by atoms with Gasteiger partial charge in [-0.2, -0.15) is 0 Å². The first-order valence-corrected chi connectivity index (χ1v) is 4.97. The van der Waals surface area contributed by atoms with Crippen LogP contribution in [0.25, 0.3) is 0 Å². The summed E-state index contributed by atoms with van der Waals surface area (Å²) in [7, 11) is 0. The summed E-state index contributed by atoms with van der Waals surface area (Å²) < 4.78 is 25.3. The molecular formula is C7H4BrClF2N2O2. The number of hydrogen-bond donors (Lipinski definition) is 0. The summed E-state index contributed by atoms with van der Waals surface area (Å²) in [5, 5.41) is 10.5. The van der Waals surface area contributed by atoms with Crippen molar-refractivity contribution in [3.63, 3.8) is 0 Å². The number of alkyl halides is 3. The maximum atomic E-state index is 12.6. The van der Waals surface area contributed by atoms with Crippen LogP contribution in [0.2, 0.25) is 0 Å². The van der Waals surface area contributed by atoms with Gasteiger partial charge in [0.25, 0.3) is 12.1 Å². The van der Waals surface area contributed by atoms with Gasteiger partial charge in [0.05, 0.1) is 10.8 Å². The number of nitrogens with zero attached hydrogens (tertiary/aromatic N) is 2.